The van der Waals surface area contributed by atoms with Crippen LogP contribution in [0.1, 0.15) is 13.3 Å². The SMILES string of the molecule is CC1(NS(=O)(=O)c2ccc([N+](=O)[O-])c(N)c2)CCOC1. The van der Waals surface area contributed by atoms with Crippen molar-refractivity contribution in [2.24, 2.45) is 0 Å². The van der Waals surface area contributed by atoms with Crippen LogP contribution >= 0.6 is 0 Å². The standard InChI is InChI=1S/C11H15N3O5S/c1-11(4-5-19-7-11)13-20(17,18)8-2-3-10(14(15)16)9(12)6-8/h2-3,6,13H,4-5,7,12H2,1H3. The molecule has 8 nitrogen and oxygen atoms in total. The van der Waals surface area contributed by atoms with Crippen molar-refractivity contribution >= 4 is 21.4 Å². The van der Waals surface area contributed by atoms with Gasteiger partial charge in [-0.1, -0.05) is 0 Å². The highest BCUT2D eigenvalue weighted by Gasteiger charge is 2.34. The monoisotopic (exact) mass is 301 g/mol. The molecule has 0 aromatic heterocycles. The summed E-state index contributed by atoms with van der Waals surface area (Å²) in [4.78, 5) is 9.89. The number of nitrogens with one attached hydrogen (secondary N) is 1. The van der Waals surface area contributed by atoms with E-state index in [1.807, 2.05) is 0 Å². The first-order valence-corrected chi connectivity index (χ1v) is 7.37. The molecule has 1 saturated heterocycles. The van der Waals surface area contributed by atoms with Crippen LogP contribution in [-0.4, -0.2) is 32.1 Å². The quantitative estimate of drug-likeness (QED) is 0.477. The molecule has 0 radical (unpaired) electrons. The van der Waals surface area contributed by atoms with Gasteiger partial charge < -0.3 is 10.5 Å². The van der Waals surface area contributed by atoms with Crippen molar-refractivity contribution in [2.75, 3.05) is 18.9 Å². The Labute approximate surface area is 116 Å². The summed E-state index contributed by atoms with van der Waals surface area (Å²) in [6.45, 7) is 2.52. The summed E-state index contributed by atoms with van der Waals surface area (Å²) in [5.74, 6) is 0. The van der Waals surface area contributed by atoms with E-state index in [2.05, 4.69) is 4.72 Å². The third-order valence-electron chi connectivity index (χ3n) is 3.11. The van der Waals surface area contributed by atoms with E-state index < -0.39 is 20.5 Å². The van der Waals surface area contributed by atoms with Crippen LogP contribution in [-0.2, 0) is 14.8 Å². The molecular weight excluding hydrogens is 286 g/mol. The maximum absolute atomic E-state index is 12.2. The highest BCUT2D eigenvalue weighted by molar-refractivity contribution is 7.89. The van der Waals surface area contributed by atoms with Crippen LogP contribution in [0, 0.1) is 10.1 Å². The maximum Gasteiger partial charge on any atom is 0.292 e. The Morgan fingerprint density at radius 2 is 2.20 bits per heavy atom. The first-order chi connectivity index (χ1) is 9.23. The summed E-state index contributed by atoms with van der Waals surface area (Å²) in [5.41, 5.74) is 4.32. The third-order valence-corrected chi connectivity index (χ3v) is 4.74. The average Bonchev–Trinajstić information content (AvgIpc) is 2.74. The van der Waals surface area contributed by atoms with Crippen LogP contribution < -0.4 is 10.5 Å². The molecule has 1 aromatic rings. The number of nitrogens with two attached hydrogens (primary N) is 1. The van der Waals surface area contributed by atoms with E-state index in [0.717, 1.165) is 18.2 Å². The fraction of sp³-hybridized carbons (Fsp3) is 0.455. The number of benzene rings is 1. The third kappa shape index (κ3) is 2.89. The Balaban J connectivity index is 2.30. The molecule has 3 N–H and O–H groups in total. The summed E-state index contributed by atoms with van der Waals surface area (Å²) in [6, 6.07) is 3.33. The summed E-state index contributed by atoms with van der Waals surface area (Å²) in [7, 11) is -3.80. The minimum atomic E-state index is -3.80. The largest absolute Gasteiger partial charge is 0.393 e. The summed E-state index contributed by atoms with van der Waals surface area (Å²) < 4.78 is 32.2. The molecule has 1 aliphatic rings. The van der Waals surface area contributed by atoms with E-state index in [4.69, 9.17) is 10.5 Å². The summed E-state index contributed by atoms with van der Waals surface area (Å²) >= 11 is 0. The molecule has 0 aliphatic carbocycles. The second kappa shape index (κ2) is 5.00. The minimum absolute atomic E-state index is 0.103. The van der Waals surface area contributed by atoms with E-state index >= 15 is 0 Å². The average molecular weight is 301 g/mol. The fourth-order valence-electron chi connectivity index (χ4n) is 2.00. The van der Waals surface area contributed by atoms with Gasteiger partial charge in [0.2, 0.25) is 10.0 Å². The molecule has 1 aromatic carbocycles. The molecule has 20 heavy (non-hydrogen) atoms. The van der Waals surface area contributed by atoms with Gasteiger partial charge in [-0.05, 0) is 25.5 Å². The number of nitro groups is 1. The lowest BCUT2D eigenvalue weighted by Crippen LogP contribution is -2.46. The highest BCUT2D eigenvalue weighted by Crippen LogP contribution is 2.26. The normalized spacial score (nSPS) is 22.9. The number of ether oxygens (including phenoxy) is 1. The van der Waals surface area contributed by atoms with Gasteiger partial charge in [0, 0.05) is 12.7 Å². The number of nitro benzene ring substituents is 1. The Morgan fingerprint density at radius 1 is 1.50 bits per heavy atom. The van der Waals surface area contributed by atoms with Crippen molar-refractivity contribution in [1.29, 1.82) is 0 Å². The van der Waals surface area contributed by atoms with Crippen molar-refractivity contribution in [2.45, 2.75) is 23.8 Å². The Kier molecular flexibility index (Phi) is 3.67. The first kappa shape index (κ1) is 14.7. The molecule has 1 heterocycles. The zero-order chi connectivity index (χ0) is 15.0. The lowest BCUT2D eigenvalue weighted by atomic mass is 10.0. The van der Waals surface area contributed by atoms with E-state index in [1.165, 1.54) is 0 Å². The lowest BCUT2D eigenvalue weighted by Gasteiger charge is -2.23. The lowest BCUT2D eigenvalue weighted by molar-refractivity contribution is -0.383. The van der Waals surface area contributed by atoms with Crippen LogP contribution in [0.15, 0.2) is 23.1 Å². The zero-order valence-electron chi connectivity index (χ0n) is 10.8. The fourth-order valence-corrected chi connectivity index (χ4v) is 3.45. The first-order valence-electron chi connectivity index (χ1n) is 5.89. The van der Waals surface area contributed by atoms with Crippen LogP contribution in [0.3, 0.4) is 0 Å². The highest BCUT2D eigenvalue weighted by atomic mass is 32.2. The topological polar surface area (TPSA) is 125 Å². The van der Waals surface area contributed by atoms with Gasteiger partial charge in [0.15, 0.2) is 0 Å². The Morgan fingerprint density at radius 3 is 2.70 bits per heavy atom. The number of hydrogen-bond donors (Lipinski definition) is 2. The second-order valence-electron chi connectivity index (χ2n) is 4.95. The van der Waals surface area contributed by atoms with Crippen molar-refractivity contribution in [3.63, 3.8) is 0 Å². The number of nitrogen functional groups attached to an aromatic ring is 1. The molecule has 110 valence electrons. The van der Waals surface area contributed by atoms with Crippen LogP contribution in [0.25, 0.3) is 0 Å². The number of nitrogens with zero attached hydrogens (tertiary/aromatic N) is 1. The Hall–Kier alpha value is -1.71. The summed E-state index contributed by atoms with van der Waals surface area (Å²) in [6.07, 6.45) is 0.564. The van der Waals surface area contributed by atoms with Crippen LogP contribution in [0.5, 0.6) is 0 Å². The smallest absolute Gasteiger partial charge is 0.292 e. The molecule has 9 heteroatoms. The molecule has 1 unspecified atom stereocenters. The van der Waals surface area contributed by atoms with Gasteiger partial charge in [-0.3, -0.25) is 10.1 Å². The molecular formula is C11H15N3O5S. The van der Waals surface area contributed by atoms with E-state index in [0.29, 0.717) is 13.0 Å². The molecule has 1 fully saturated rings. The van der Waals surface area contributed by atoms with Crippen molar-refractivity contribution in [3.05, 3.63) is 28.3 Å². The second-order valence-corrected chi connectivity index (χ2v) is 6.63. The number of rotatable bonds is 4. The zero-order valence-corrected chi connectivity index (χ0v) is 11.6. The van der Waals surface area contributed by atoms with Crippen molar-refractivity contribution in [1.82, 2.24) is 4.72 Å². The summed E-state index contributed by atoms with van der Waals surface area (Å²) in [5, 5.41) is 10.7. The molecule has 1 aliphatic heterocycles. The predicted molar refractivity (Wildman–Crippen MR) is 71.7 cm³/mol. The molecule has 0 bridgehead atoms. The maximum atomic E-state index is 12.2. The van der Waals surface area contributed by atoms with E-state index in [9.17, 15) is 18.5 Å². The molecule has 0 spiro atoms. The van der Waals surface area contributed by atoms with E-state index in [1.54, 1.807) is 6.92 Å². The molecule has 1 atom stereocenters. The predicted octanol–water partition coefficient (Wildman–Crippen LogP) is 0.634. The number of hydrogen-bond acceptors (Lipinski definition) is 6. The van der Waals surface area contributed by atoms with Crippen LogP contribution in [0.2, 0.25) is 0 Å². The van der Waals surface area contributed by atoms with Gasteiger partial charge in [-0.25, -0.2) is 13.1 Å². The van der Waals surface area contributed by atoms with Crippen LogP contribution in [0.4, 0.5) is 11.4 Å². The van der Waals surface area contributed by atoms with Gasteiger partial charge >= 0.3 is 0 Å². The Bertz CT molecular complexity index is 637. The van der Waals surface area contributed by atoms with Gasteiger partial charge in [-0.2, -0.15) is 0 Å². The van der Waals surface area contributed by atoms with Crippen molar-refractivity contribution < 1.29 is 18.1 Å². The van der Waals surface area contributed by atoms with Gasteiger partial charge in [0.1, 0.15) is 5.69 Å². The molecule has 0 saturated carbocycles. The van der Waals surface area contributed by atoms with E-state index in [-0.39, 0.29) is 22.9 Å². The minimum Gasteiger partial charge on any atom is -0.393 e. The molecule has 0 amide bonds. The molecule has 2 rings (SSSR count). The van der Waals surface area contributed by atoms with Gasteiger partial charge in [-0.15, -0.1) is 0 Å². The van der Waals surface area contributed by atoms with Gasteiger partial charge in [0.25, 0.3) is 5.69 Å². The number of sulfonamides is 1. The van der Waals surface area contributed by atoms with Gasteiger partial charge in [0.05, 0.1) is 22.0 Å². The van der Waals surface area contributed by atoms with Crippen molar-refractivity contribution in [3.8, 4) is 0 Å². The number of anilines is 1.